The lowest BCUT2D eigenvalue weighted by atomic mass is 9.92. The minimum Gasteiger partial charge on any atom is -0.381 e. The van der Waals surface area contributed by atoms with Crippen molar-refractivity contribution in [2.75, 3.05) is 26.0 Å². The van der Waals surface area contributed by atoms with Crippen LogP contribution in [0.15, 0.2) is 0 Å². The molecular formula is C11H23ClN2O2S. The number of ether oxygens (including phenoxy) is 1. The molecule has 4 nitrogen and oxygen atoms in total. The SMILES string of the molecule is CSC(C)CNC(=O)C(N)C1CCOCC1.Cl. The smallest absolute Gasteiger partial charge is 0.237 e. The maximum absolute atomic E-state index is 11.8. The predicted molar refractivity (Wildman–Crippen MR) is 74.8 cm³/mol. The zero-order valence-corrected chi connectivity index (χ0v) is 12.1. The third-order valence-corrected chi connectivity index (χ3v) is 4.01. The number of carbonyl (C=O) groups excluding carboxylic acids is 1. The molecule has 1 aliphatic heterocycles. The van der Waals surface area contributed by atoms with Crippen molar-refractivity contribution in [1.29, 1.82) is 0 Å². The maximum atomic E-state index is 11.8. The summed E-state index contributed by atoms with van der Waals surface area (Å²) in [6.07, 6.45) is 3.83. The molecule has 0 bridgehead atoms. The number of nitrogens with one attached hydrogen (secondary N) is 1. The van der Waals surface area contributed by atoms with Crippen molar-refractivity contribution in [3.63, 3.8) is 0 Å². The number of nitrogens with two attached hydrogens (primary N) is 1. The van der Waals surface area contributed by atoms with Crippen LogP contribution in [-0.2, 0) is 9.53 Å². The fourth-order valence-electron chi connectivity index (χ4n) is 1.73. The van der Waals surface area contributed by atoms with Gasteiger partial charge in [-0.15, -0.1) is 12.4 Å². The molecule has 3 N–H and O–H groups in total. The Balaban J connectivity index is 0.00000256. The first-order chi connectivity index (χ1) is 7.65. The van der Waals surface area contributed by atoms with Crippen molar-refractivity contribution in [2.24, 2.45) is 11.7 Å². The van der Waals surface area contributed by atoms with Gasteiger partial charge in [-0.05, 0) is 25.0 Å². The van der Waals surface area contributed by atoms with Crippen LogP contribution in [0, 0.1) is 5.92 Å². The Hall–Kier alpha value is 0.0300. The van der Waals surface area contributed by atoms with E-state index in [1.54, 1.807) is 11.8 Å². The second kappa shape index (κ2) is 9.03. The Labute approximate surface area is 114 Å². The second-order valence-corrected chi connectivity index (χ2v) is 5.54. The van der Waals surface area contributed by atoms with Crippen molar-refractivity contribution in [3.05, 3.63) is 0 Å². The summed E-state index contributed by atoms with van der Waals surface area (Å²) in [5.41, 5.74) is 5.95. The van der Waals surface area contributed by atoms with E-state index in [9.17, 15) is 4.79 Å². The van der Waals surface area contributed by atoms with Gasteiger partial charge in [-0.25, -0.2) is 0 Å². The van der Waals surface area contributed by atoms with Crippen LogP contribution >= 0.6 is 24.2 Å². The average Bonchev–Trinajstić information content (AvgIpc) is 2.35. The van der Waals surface area contributed by atoms with Gasteiger partial charge in [0.05, 0.1) is 6.04 Å². The number of hydrogen-bond acceptors (Lipinski definition) is 4. The van der Waals surface area contributed by atoms with Gasteiger partial charge in [0, 0.05) is 25.0 Å². The number of rotatable bonds is 5. The fraction of sp³-hybridized carbons (Fsp3) is 0.909. The first-order valence-electron chi connectivity index (χ1n) is 5.79. The molecule has 1 amide bonds. The van der Waals surface area contributed by atoms with Crippen LogP contribution in [0.1, 0.15) is 19.8 Å². The molecule has 1 heterocycles. The normalized spacial score (nSPS) is 20.2. The summed E-state index contributed by atoms with van der Waals surface area (Å²) in [6.45, 7) is 4.24. The molecule has 0 aromatic rings. The summed E-state index contributed by atoms with van der Waals surface area (Å²) >= 11 is 1.74. The molecule has 1 saturated heterocycles. The van der Waals surface area contributed by atoms with Crippen molar-refractivity contribution in [2.45, 2.75) is 31.1 Å². The van der Waals surface area contributed by atoms with E-state index in [1.807, 2.05) is 6.26 Å². The van der Waals surface area contributed by atoms with Gasteiger partial charge < -0.3 is 15.8 Å². The molecule has 1 aliphatic rings. The van der Waals surface area contributed by atoms with Crippen LogP contribution in [0.3, 0.4) is 0 Å². The monoisotopic (exact) mass is 282 g/mol. The molecule has 0 radical (unpaired) electrons. The highest BCUT2D eigenvalue weighted by atomic mass is 35.5. The Morgan fingerprint density at radius 1 is 1.53 bits per heavy atom. The third-order valence-electron chi connectivity index (χ3n) is 3.04. The zero-order chi connectivity index (χ0) is 12.0. The van der Waals surface area contributed by atoms with Crippen LogP contribution < -0.4 is 11.1 Å². The van der Waals surface area contributed by atoms with Crippen molar-refractivity contribution in [3.8, 4) is 0 Å². The molecule has 1 fully saturated rings. The zero-order valence-electron chi connectivity index (χ0n) is 10.5. The summed E-state index contributed by atoms with van der Waals surface area (Å²) in [5.74, 6) is 0.256. The Morgan fingerprint density at radius 3 is 2.65 bits per heavy atom. The largest absolute Gasteiger partial charge is 0.381 e. The minimum absolute atomic E-state index is 0. The number of thioether (sulfide) groups is 1. The van der Waals surface area contributed by atoms with Gasteiger partial charge in [-0.1, -0.05) is 6.92 Å². The molecule has 2 unspecified atom stereocenters. The molecule has 17 heavy (non-hydrogen) atoms. The number of hydrogen-bond donors (Lipinski definition) is 2. The molecule has 0 aliphatic carbocycles. The number of halogens is 1. The van der Waals surface area contributed by atoms with Crippen LogP contribution in [0.25, 0.3) is 0 Å². The highest BCUT2D eigenvalue weighted by Gasteiger charge is 2.26. The molecule has 0 aromatic heterocycles. The van der Waals surface area contributed by atoms with Crippen molar-refractivity contribution in [1.82, 2.24) is 5.32 Å². The van der Waals surface area contributed by atoms with Crippen LogP contribution in [0.4, 0.5) is 0 Å². The standard InChI is InChI=1S/C11H22N2O2S.ClH/c1-8(16-2)7-13-11(14)10(12)9-3-5-15-6-4-9;/h8-10H,3-7,12H2,1-2H3,(H,13,14);1H. The number of carbonyl (C=O) groups is 1. The van der Waals surface area contributed by atoms with Gasteiger partial charge >= 0.3 is 0 Å². The molecular weight excluding hydrogens is 260 g/mol. The molecule has 102 valence electrons. The van der Waals surface area contributed by atoms with E-state index in [2.05, 4.69) is 12.2 Å². The Morgan fingerprint density at radius 2 is 2.12 bits per heavy atom. The Bertz CT molecular complexity index is 226. The topological polar surface area (TPSA) is 64.4 Å². The average molecular weight is 283 g/mol. The van der Waals surface area contributed by atoms with E-state index in [1.165, 1.54) is 0 Å². The predicted octanol–water partition coefficient (Wildman–Crippen LogP) is 1.03. The molecule has 0 spiro atoms. The van der Waals surface area contributed by atoms with Crippen LogP contribution in [0.5, 0.6) is 0 Å². The van der Waals surface area contributed by atoms with Crippen molar-refractivity contribution >= 4 is 30.1 Å². The molecule has 2 atom stereocenters. The number of amides is 1. The van der Waals surface area contributed by atoms with Crippen LogP contribution in [-0.4, -0.2) is 43.2 Å². The van der Waals surface area contributed by atoms with E-state index < -0.39 is 0 Å². The molecule has 0 saturated carbocycles. The lowest BCUT2D eigenvalue weighted by Crippen LogP contribution is -2.48. The van der Waals surface area contributed by atoms with E-state index in [0.717, 1.165) is 26.1 Å². The summed E-state index contributed by atoms with van der Waals surface area (Å²) in [7, 11) is 0. The summed E-state index contributed by atoms with van der Waals surface area (Å²) in [5, 5.41) is 3.34. The Kier molecular flexibility index (Phi) is 9.04. The maximum Gasteiger partial charge on any atom is 0.237 e. The fourth-order valence-corrected chi connectivity index (χ4v) is 1.98. The summed E-state index contributed by atoms with van der Waals surface area (Å²) in [4.78, 5) is 11.8. The highest BCUT2D eigenvalue weighted by Crippen LogP contribution is 2.17. The lowest BCUT2D eigenvalue weighted by Gasteiger charge is -2.27. The summed E-state index contributed by atoms with van der Waals surface area (Å²) in [6, 6.07) is -0.377. The minimum atomic E-state index is -0.377. The first-order valence-corrected chi connectivity index (χ1v) is 7.07. The highest BCUT2D eigenvalue weighted by molar-refractivity contribution is 7.99. The quantitative estimate of drug-likeness (QED) is 0.791. The van der Waals surface area contributed by atoms with Gasteiger partial charge in [0.1, 0.15) is 0 Å². The second-order valence-electron chi connectivity index (χ2n) is 4.27. The molecule has 0 aromatic carbocycles. The first kappa shape index (κ1) is 17.0. The van der Waals surface area contributed by atoms with Gasteiger partial charge in [-0.3, -0.25) is 4.79 Å². The van der Waals surface area contributed by atoms with E-state index in [4.69, 9.17) is 10.5 Å². The van der Waals surface area contributed by atoms with Crippen molar-refractivity contribution < 1.29 is 9.53 Å². The van der Waals surface area contributed by atoms with Gasteiger partial charge in [0.2, 0.25) is 5.91 Å². The summed E-state index contributed by atoms with van der Waals surface area (Å²) < 4.78 is 5.25. The van der Waals surface area contributed by atoms with E-state index in [-0.39, 0.29) is 30.3 Å². The van der Waals surface area contributed by atoms with Gasteiger partial charge in [0.25, 0.3) is 0 Å². The van der Waals surface area contributed by atoms with Gasteiger partial charge in [-0.2, -0.15) is 11.8 Å². The van der Waals surface area contributed by atoms with E-state index >= 15 is 0 Å². The molecule has 1 rings (SSSR count). The molecule has 6 heteroatoms. The van der Waals surface area contributed by atoms with Crippen LogP contribution in [0.2, 0.25) is 0 Å². The lowest BCUT2D eigenvalue weighted by molar-refractivity contribution is -0.124. The van der Waals surface area contributed by atoms with Gasteiger partial charge in [0.15, 0.2) is 0 Å². The third kappa shape index (κ3) is 5.95. The van der Waals surface area contributed by atoms with E-state index in [0.29, 0.717) is 11.8 Å².